The maximum absolute atomic E-state index is 13.9. The molecule has 0 aromatic heterocycles. The Morgan fingerprint density at radius 1 is 1.00 bits per heavy atom. The second-order valence-electron chi connectivity index (χ2n) is 9.19. The highest BCUT2D eigenvalue weighted by molar-refractivity contribution is 6.09. The molecule has 2 heterocycles. The van der Waals surface area contributed by atoms with Gasteiger partial charge in [0.05, 0.1) is 12.0 Å². The summed E-state index contributed by atoms with van der Waals surface area (Å²) in [5.41, 5.74) is -0.176. The second kappa shape index (κ2) is 8.46. The summed E-state index contributed by atoms with van der Waals surface area (Å²) in [7, 11) is 0. The molecule has 3 aromatic rings. The number of benzene rings is 3. The number of fused-ring (bicyclic) bond motifs is 2. The number of rotatable bonds is 5. The first kappa shape index (κ1) is 24.5. The summed E-state index contributed by atoms with van der Waals surface area (Å²) in [6, 6.07) is 9.83. The summed E-state index contributed by atoms with van der Waals surface area (Å²) < 4.78 is 77.4. The lowest BCUT2D eigenvalue weighted by Crippen LogP contribution is -2.35. The molecule has 2 aliphatic rings. The van der Waals surface area contributed by atoms with Crippen molar-refractivity contribution in [2.45, 2.75) is 38.6 Å². The van der Waals surface area contributed by atoms with Gasteiger partial charge in [-0.15, -0.1) is 8.78 Å². The molecule has 192 valence electrons. The molecule has 0 radical (unpaired) electrons. The molecule has 5 rings (SSSR count). The zero-order chi connectivity index (χ0) is 26.7. The third kappa shape index (κ3) is 4.24. The van der Waals surface area contributed by atoms with Gasteiger partial charge in [-0.1, -0.05) is 18.2 Å². The molecule has 0 bridgehead atoms. The molecule has 0 unspecified atom stereocenters. The number of carbonyl (C=O) groups is 2. The number of amides is 2. The first-order valence-electron chi connectivity index (χ1n) is 11.1. The average molecular weight is 518 g/mol. The topological polar surface area (TPSA) is 67.9 Å². The van der Waals surface area contributed by atoms with Crippen molar-refractivity contribution in [3.63, 3.8) is 0 Å². The molecule has 0 fully saturated rings. The normalized spacial score (nSPS) is 16.6. The van der Waals surface area contributed by atoms with Crippen molar-refractivity contribution >= 4 is 17.5 Å². The number of nitrogens with one attached hydrogen (secondary N) is 1. The van der Waals surface area contributed by atoms with Crippen molar-refractivity contribution in [3.8, 4) is 11.5 Å². The molecular formula is C26H19F5N2O4. The van der Waals surface area contributed by atoms with Gasteiger partial charge in [0, 0.05) is 41.1 Å². The Bertz CT molecular complexity index is 1430. The van der Waals surface area contributed by atoms with E-state index in [9.17, 15) is 31.5 Å². The first-order valence-corrected chi connectivity index (χ1v) is 11.1. The molecule has 0 aliphatic carbocycles. The van der Waals surface area contributed by atoms with Crippen LogP contribution >= 0.6 is 0 Å². The maximum Gasteiger partial charge on any atom is 0.586 e. The highest BCUT2D eigenvalue weighted by Gasteiger charge is 2.47. The number of hydrogen-bond acceptors (Lipinski definition) is 4. The third-order valence-corrected chi connectivity index (χ3v) is 6.37. The average Bonchev–Trinajstić information content (AvgIpc) is 3.23. The zero-order valence-corrected chi connectivity index (χ0v) is 19.5. The van der Waals surface area contributed by atoms with Crippen LogP contribution in [-0.2, 0) is 23.3 Å². The Kier molecular flexibility index (Phi) is 5.61. The molecule has 2 amide bonds. The van der Waals surface area contributed by atoms with Crippen molar-refractivity contribution in [2.24, 2.45) is 0 Å². The number of nitrogens with zero attached hydrogens (tertiary/aromatic N) is 1. The molecule has 0 atom stereocenters. The SMILES string of the molecule is CC1(C)C(=O)N(Cc2cccc3c2OC(F)(F)O3)c2cc(C(=O)NCc3c(F)cc(F)cc3F)ccc21. The van der Waals surface area contributed by atoms with Gasteiger partial charge in [0.15, 0.2) is 11.5 Å². The number of halogens is 5. The van der Waals surface area contributed by atoms with Crippen molar-refractivity contribution in [3.05, 3.63) is 88.2 Å². The molecule has 0 spiro atoms. The molecule has 0 saturated carbocycles. The summed E-state index contributed by atoms with van der Waals surface area (Å²) in [5.74, 6) is -4.75. The first-order chi connectivity index (χ1) is 17.4. The van der Waals surface area contributed by atoms with Gasteiger partial charge in [-0.05, 0) is 37.6 Å². The van der Waals surface area contributed by atoms with E-state index in [0.717, 1.165) is 0 Å². The van der Waals surface area contributed by atoms with Crippen LogP contribution in [0.2, 0.25) is 0 Å². The summed E-state index contributed by atoms with van der Waals surface area (Å²) >= 11 is 0. The van der Waals surface area contributed by atoms with E-state index in [1.807, 2.05) is 0 Å². The number of ether oxygens (including phenoxy) is 2. The van der Waals surface area contributed by atoms with E-state index in [0.29, 0.717) is 23.4 Å². The molecule has 1 N–H and O–H groups in total. The van der Waals surface area contributed by atoms with E-state index in [-0.39, 0.29) is 35.1 Å². The summed E-state index contributed by atoms with van der Waals surface area (Å²) in [4.78, 5) is 27.4. The van der Waals surface area contributed by atoms with Gasteiger partial charge in [-0.25, -0.2) is 13.2 Å². The van der Waals surface area contributed by atoms with E-state index in [1.165, 1.54) is 35.2 Å². The Labute approximate surface area is 207 Å². The number of carbonyl (C=O) groups excluding carboxylic acids is 2. The van der Waals surface area contributed by atoms with Crippen LogP contribution in [0.5, 0.6) is 11.5 Å². The highest BCUT2D eigenvalue weighted by atomic mass is 19.3. The van der Waals surface area contributed by atoms with Crippen molar-refractivity contribution in [2.75, 3.05) is 4.90 Å². The molecule has 0 saturated heterocycles. The van der Waals surface area contributed by atoms with Crippen LogP contribution < -0.4 is 19.7 Å². The lowest BCUT2D eigenvalue weighted by atomic mass is 9.86. The van der Waals surface area contributed by atoms with Crippen LogP contribution in [-0.4, -0.2) is 18.1 Å². The van der Waals surface area contributed by atoms with Gasteiger partial charge in [0.2, 0.25) is 5.91 Å². The zero-order valence-electron chi connectivity index (χ0n) is 19.5. The van der Waals surface area contributed by atoms with Crippen LogP contribution in [0.4, 0.5) is 27.6 Å². The number of hydrogen-bond donors (Lipinski definition) is 1. The predicted molar refractivity (Wildman–Crippen MR) is 121 cm³/mol. The van der Waals surface area contributed by atoms with Crippen LogP contribution in [0.25, 0.3) is 0 Å². The van der Waals surface area contributed by atoms with Gasteiger partial charge in [0.1, 0.15) is 17.5 Å². The number of para-hydroxylation sites is 1. The van der Waals surface area contributed by atoms with Crippen LogP contribution in [0.1, 0.15) is 40.9 Å². The number of alkyl halides is 2. The minimum absolute atomic E-state index is 0.0848. The summed E-state index contributed by atoms with van der Waals surface area (Å²) in [6.07, 6.45) is -3.83. The van der Waals surface area contributed by atoms with Crippen LogP contribution in [0.15, 0.2) is 48.5 Å². The fraction of sp³-hybridized carbons (Fsp3) is 0.231. The molecular weight excluding hydrogens is 499 g/mol. The van der Waals surface area contributed by atoms with Gasteiger partial charge >= 0.3 is 6.29 Å². The van der Waals surface area contributed by atoms with Crippen LogP contribution in [0.3, 0.4) is 0 Å². The highest BCUT2D eigenvalue weighted by Crippen LogP contribution is 2.47. The number of anilines is 1. The molecule has 2 aliphatic heterocycles. The van der Waals surface area contributed by atoms with Crippen LogP contribution in [0, 0.1) is 17.5 Å². The standard InChI is InChI=1S/C26H19F5N2O4/c1-25(2)17-7-6-13(23(34)32-11-16-18(28)9-15(27)10-19(16)29)8-20(17)33(24(25)35)12-14-4-3-5-21-22(14)37-26(30,31)36-21/h3-10H,11-12H2,1-2H3,(H,32,34). The summed E-state index contributed by atoms with van der Waals surface area (Å²) in [6.45, 7) is 2.70. The minimum Gasteiger partial charge on any atom is -0.395 e. The quantitative estimate of drug-likeness (QED) is 0.473. The summed E-state index contributed by atoms with van der Waals surface area (Å²) in [5, 5.41) is 2.38. The fourth-order valence-corrected chi connectivity index (χ4v) is 4.48. The largest absolute Gasteiger partial charge is 0.586 e. The van der Waals surface area contributed by atoms with E-state index >= 15 is 0 Å². The fourth-order valence-electron chi connectivity index (χ4n) is 4.48. The van der Waals surface area contributed by atoms with E-state index in [1.54, 1.807) is 19.9 Å². The van der Waals surface area contributed by atoms with Crippen molar-refractivity contribution in [1.82, 2.24) is 5.32 Å². The monoisotopic (exact) mass is 518 g/mol. The van der Waals surface area contributed by atoms with E-state index < -0.39 is 47.2 Å². The van der Waals surface area contributed by atoms with Gasteiger partial charge in [0.25, 0.3) is 5.91 Å². The molecule has 11 heteroatoms. The van der Waals surface area contributed by atoms with Gasteiger partial charge in [-0.3, -0.25) is 9.59 Å². The van der Waals surface area contributed by atoms with Crippen molar-refractivity contribution in [1.29, 1.82) is 0 Å². The minimum atomic E-state index is -3.83. The Morgan fingerprint density at radius 2 is 1.70 bits per heavy atom. The van der Waals surface area contributed by atoms with Crippen molar-refractivity contribution < 1.29 is 41.0 Å². The maximum atomic E-state index is 13.9. The smallest absolute Gasteiger partial charge is 0.395 e. The Hall–Kier alpha value is -4.15. The third-order valence-electron chi connectivity index (χ3n) is 6.37. The Balaban J connectivity index is 1.43. The van der Waals surface area contributed by atoms with Gasteiger partial charge in [-0.2, -0.15) is 0 Å². The van der Waals surface area contributed by atoms with Gasteiger partial charge < -0.3 is 19.7 Å². The predicted octanol–water partition coefficient (Wildman–Crippen LogP) is 5.18. The lowest BCUT2D eigenvalue weighted by Gasteiger charge is -2.21. The Morgan fingerprint density at radius 3 is 2.41 bits per heavy atom. The van der Waals surface area contributed by atoms with E-state index in [2.05, 4.69) is 14.8 Å². The van der Waals surface area contributed by atoms with E-state index in [4.69, 9.17) is 0 Å². The lowest BCUT2D eigenvalue weighted by molar-refractivity contribution is -0.286. The molecule has 3 aromatic carbocycles. The second-order valence-corrected chi connectivity index (χ2v) is 9.19. The molecule has 37 heavy (non-hydrogen) atoms. The molecule has 6 nitrogen and oxygen atoms in total.